The van der Waals surface area contributed by atoms with Crippen molar-refractivity contribution in [3.63, 3.8) is 0 Å². The highest BCUT2D eigenvalue weighted by Crippen LogP contribution is 2.50. The number of halogens is 3. The standard InChI is InChI=1S/C26H27F3N4O3/c1-31(15-16-34)25(12-13-25)17-3-5-18(6-4-17)32-14-11-21-22(24(32)35)33(30-23(21)26(27,28)29)19-7-9-20(36-2)10-8-19/h3-10,34H,11-16H2,1-2H3. The maximum absolute atomic E-state index is 13.8. The highest BCUT2D eigenvalue weighted by Gasteiger charge is 2.48. The van der Waals surface area contributed by atoms with Crippen molar-refractivity contribution in [1.82, 2.24) is 14.7 Å². The van der Waals surface area contributed by atoms with Crippen LogP contribution in [0, 0.1) is 0 Å². The predicted molar refractivity (Wildman–Crippen MR) is 128 cm³/mol. The van der Waals surface area contributed by atoms with Crippen LogP contribution in [0.25, 0.3) is 5.69 Å². The molecule has 10 heteroatoms. The van der Waals surface area contributed by atoms with Gasteiger partial charge in [0.2, 0.25) is 0 Å². The maximum atomic E-state index is 13.8. The number of anilines is 1. The van der Waals surface area contributed by atoms with E-state index in [4.69, 9.17) is 4.74 Å². The van der Waals surface area contributed by atoms with E-state index >= 15 is 0 Å². The molecule has 1 amide bonds. The van der Waals surface area contributed by atoms with Crippen LogP contribution in [0.5, 0.6) is 5.75 Å². The Morgan fingerprint density at radius 3 is 2.28 bits per heavy atom. The number of aliphatic hydroxyl groups is 1. The van der Waals surface area contributed by atoms with E-state index in [0.717, 1.165) is 23.1 Å². The van der Waals surface area contributed by atoms with Gasteiger partial charge in [-0.2, -0.15) is 18.3 Å². The molecule has 2 aliphatic rings. The number of carbonyl (C=O) groups is 1. The molecule has 0 atom stereocenters. The molecule has 0 saturated heterocycles. The molecule has 3 aromatic rings. The van der Waals surface area contributed by atoms with E-state index in [2.05, 4.69) is 10.00 Å². The van der Waals surface area contributed by atoms with Gasteiger partial charge in [-0.1, -0.05) is 12.1 Å². The highest BCUT2D eigenvalue weighted by molar-refractivity contribution is 6.07. The number of aliphatic hydroxyl groups excluding tert-OH is 1. The Labute approximate surface area is 206 Å². The smallest absolute Gasteiger partial charge is 0.435 e. The zero-order valence-electron chi connectivity index (χ0n) is 20.0. The van der Waals surface area contributed by atoms with E-state index in [-0.39, 0.29) is 36.4 Å². The number of benzene rings is 2. The largest absolute Gasteiger partial charge is 0.497 e. The normalized spacial score (nSPS) is 16.9. The molecule has 0 bridgehead atoms. The summed E-state index contributed by atoms with van der Waals surface area (Å²) >= 11 is 0. The summed E-state index contributed by atoms with van der Waals surface area (Å²) in [4.78, 5) is 17.2. The van der Waals surface area contributed by atoms with Crippen molar-refractivity contribution in [3.8, 4) is 11.4 Å². The van der Waals surface area contributed by atoms with Gasteiger partial charge in [0.15, 0.2) is 5.69 Å². The molecule has 190 valence electrons. The van der Waals surface area contributed by atoms with Crippen molar-refractivity contribution in [2.45, 2.75) is 31.0 Å². The zero-order chi connectivity index (χ0) is 25.7. The third-order valence-electron chi connectivity index (χ3n) is 7.21. The molecule has 5 rings (SSSR count). The molecule has 0 unspecified atom stereocenters. The Bertz CT molecular complexity index is 1270. The van der Waals surface area contributed by atoms with E-state index in [1.54, 1.807) is 24.3 Å². The van der Waals surface area contributed by atoms with Gasteiger partial charge in [0.1, 0.15) is 11.4 Å². The van der Waals surface area contributed by atoms with Crippen LogP contribution in [0.4, 0.5) is 18.9 Å². The maximum Gasteiger partial charge on any atom is 0.435 e. The van der Waals surface area contributed by atoms with Crippen molar-refractivity contribution in [3.05, 3.63) is 71.0 Å². The molecule has 1 aliphatic carbocycles. The molecule has 1 fully saturated rings. The number of carbonyl (C=O) groups excluding carboxylic acids is 1. The number of alkyl halides is 3. The lowest BCUT2D eigenvalue weighted by atomic mass is 10.00. The Kier molecular flexibility index (Phi) is 6.04. The topological polar surface area (TPSA) is 70.8 Å². The zero-order valence-corrected chi connectivity index (χ0v) is 20.0. The van der Waals surface area contributed by atoms with Crippen LogP contribution in [0.1, 0.15) is 40.2 Å². The Morgan fingerprint density at radius 2 is 1.72 bits per heavy atom. The summed E-state index contributed by atoms with van der Waals surface area (Å²) in [5, 5.41) is 13.1. The van der Waals surface area contributed by atoms with Crippen LogP contribution in [-0.4, -0.2) is 59.5 Å². The molecule has 1 aliphatic heterocycles. The molecule has 0 spiro atoms. The molecular formula is C26H27F3N4O3. The van der Waals surface area contributed by atoms with Crippen LogP contribution < -0.4 is 9.64 Å². The van der Waals surface area contributed by atoms with Crippen LogP contribution >= 0.6 is 0 Å². The van der Waals surface area contributed by atoms with E-state index < -0.39 is 17.8 Å². The lowest BCUT2D eigenvalue weighted by Crippen LogP contribution is -2.39. The second kappa shape index (κ2) is 8.94. The molecule has 0 radical (unpaired) electrons. The molecule has 2 heterocycles. The number of fused-ring (bicyclic) bond motifs is 1. The molecular weight excluding hydrogens is 473 g/mol. The van der Waals surface area contributed by atoms with Gasteiger partial charge < -0.3 is 14.7 Å². The van der Waals surface area contributed by atoms with Crippen LogP contribution in [-0.2, 0) is 18.1 Å². The monoisotopic (exact) mass is 500 g/mol. The van der Waals surface area contributed by atoms with Gasteiger partial charge in [0, 0.05) is 29.9 Å². The Balaban J connectivity index is 1.50. The number of ether oxygens (including phenoxy) is 1. The number of methoxy groups -OCH3 is 1. The van der Waals surface area contributed by atoms with Gasteiger partial charge in [-0.15, -0.1) is 0 Å². The molecule has 1 N–H and O–H groups in total. The average molecular weight is 501 g/mol. The van der Waals surface area contributed by atoms with Gasteiger partial charge in [-0.05, 0) is 68.3 Å². The number of amides is 1. The fourth-order valence-electron chi connectivity index (χ4n) is 5.07. The Morgan fingerprint density at radius 1 is 1.08 bits per heavy atom. The van der Waals surface area contributed by atoms with Gasteiger partial charge in [0.05, 0.1) is 19.4 Å². The predicted octanol–water partition coefficient (Wildman–Crippen LogP) is 4.02. The van der Waals surface area contributed by atoms with Crippen molar-refractivity contribution in [1.29, 1.82) is 0 Å². The number of nitrogens with zero attached hydrogens (tertiary/aromatic N) is 4. The van der Waals surface area contributed by atoms with Crippen LogP contribution in [0.3, 0.4) is 0 Å². The first-order chi connectivity index (χ1) is 17.2. The molecule has 1 aromatic heterocycles. The Hall–Kier alpha value is -3.37. The minimum Gasteiger partial charge on any atom is -0.497 e. The molecule has 2 aromatic carbocycles. The third kappa shape index (κ3) is 4.04. The van der Waals surface area contributed by atoms with Crippen molar-refractivity contribution in [2.75, 3.05) is 38.8 Å². The van der Waals surface area contributed by atoms with Crippen molar-refractivity contribution < 1.29 is 27.8 Å². The van der Waals surface area contributed by atoms with E-state index in [1.165, 1.54) is 12.0 Å². The average Bonchev–Trinajstić information content (AvgIpc) is 3.58. The highest BCUT2D eigenvalue weighted by atomic mass is 19.4. The molecule has 36 heavy (non-hydrogen) atoms. The number of hydrogen-bond donors (Lipinski definition) is 1. The molecule has 7 nitrogen and oxygen atoms in total. The minimum atomic E-state index is -4.68. The summed E-state index contributed by atoms with van der Waals surface area (Å²) in [6.07, 6.45) is -2.67. The number of likely N-dealkylation sites (N-methyl/N-ethyl adjacent to an activating group) is 1. The fourth-order valence-corrected chi connectivity index (χ4v) is 5.07. The van der Waals surface area contributed by atoms with E-state index in [1.807, 2.05) is 31.3 Å². The summed E-state index contributed by atoms with van der Waals surface area (Å²) in [5.41, 5.74) is 0.744. The van der Waals surface area contributed by atoms with Crippen LogP contribution in [0.15, 0.2) is 48.5 Å². The van der Waals surface area contributed by atoms with Gasteiger partial charge in [0.25, 0.3) is 5.91 Å². The summed E-state index contributed by atoms with van der Waals surface area (Å²) in [6.45, 7) is 0.757. The summed E-state index contributed by atoms with van der Waals surface area (Å²) in [6, 6.07) is 14.0. The van der Waals surface area contributed by atoms with Gasteiger partial charge in [-0.3, -0.25) is 9.69 Å². The first-order valence-electron chi connectivity index (χ1n) is 11.8. The fraction of sp³-hybridized carbons (Fsp3) is 0.385. The first-order valence-corrected chi connectivity index (χ1v) is 11.8. The number of rotatable bonds is 7. The van der Waals surface area contributed by atoms with Crippen molar-refractivity contribution in [2.24, 2.45) is 0 Å². The summed E-state index contributed by atoms with van der Waals surface area (Å²) < 4.78 is 47.7. The SMILES string of the molecule is COc1ccc(-n2nc(C(F)(F)F)c3c2C(=O)N(c2ccc(C4(N(C)CCO)CC4)cc2)CC3)cc1. The van der Waals surface area contributed by atoms with E-state index in [9.17, 15) is 23.1 Å². The van der Waals surface area contributed by atoms with Crippen molar-refractivity contribution >= 4 is 11.6 Å². The van der Waals surface area contributed by atoms with Crippen LogP contribution in [0.2, 0.25) is 0 Å². The molecule has 1 saturated carbocycles. The van der Waals surface area contributed by atoms with E-state index in [0.29, 0.717) is 23.7 Å². The quantitative estimate of drug-likeness (QED) is 0.531. The summed E-state index contributed by atoms with van der Waals surface area (Å²) in [5.74, 6) is 0.0169. The number of hydrogen-bond acceptors (Lipinski definition) is 5. The lowest BCUT2D eigenvalue weighted by molar-refractivity contribution is -0.141. The third-order valence-corrected chi connectivity index (χ3v) is 7.21. The second-order valence-electron chi connectivity index (χ2n) is 9.21. The van der Waals surface area contributed by atoms with Gasteiger partial charge in [-0.25, -0.2) is 4.68 Å². The first kappa shape index (κ1) is 24.3. The minimum absolute atomic E-state index is 0.0387. The number of aromatic nitrogens is 2. The lowest BCUT2D eigenvalue weighted by Gasteiger charge is -2.30. The second-order valence-corrected chi connectivity index (χ2v) is 9.21. The van der Waals surface area contributed by atoms with Gasteiger partial charge >= 0.3 is 6.18 Å². The summed E-state index contributed by atoms with van der Waals surface area (Å²) in [7, 11) is 3.47.